The van der Waals surface area contributed by atoms with Gasteiger partial charge in [-0.15, -0.1) is 0 Å². The van der Waals surface area contributed by atoms with Gasteiger partial charge < -0.3 is 4.74 Å². The number of unbranched alkanes of at least 4 members (excludes halogenated alkanes) is 7. The third kappa shape index (κ3) is 6.63. The fourth-order valence-corrected chi connectivity index (χ4v) is 2.09. The Labute approximate surface area is 111 Å². The smallest absolute Gasteiger partial charge is 0.334 e. The predicted octanol–water partition coefficient (Wildman–Crippen LogP) is 4.56. The maximum atomic E-state index is 11.5. The lowest BCUT2D eigenvalue weighted by molar-refractivity contribution is -0.139. The van der Waals surface area contributed by atoms with Gasteiger partial charge in [0.05, 0.1) is 6.61 Å². The van der Waals surface area contributed by atoms with Crippen molar-refractivity contribution in [3.8, 4) is 0 Å². The van der Waals surface area contributed by atoms with Crippen LogP contribution in [0, 0.1) is 0 Å². The van der Waals surface area contributed by atoms with Crippen LogP contribution in [0.3, 0.4) is 0 Å². The number of ether oxygens (including phenoxy) is 1. The summed E-state index contributed by atoms with van der Waals surface area (Å²) in [6.45, 7) is 2.81. The molecule has 102 valence electrons. The summed E-state index contributed by atoms with van der Waals surface area (Å²) in [4.78, 5) is 11.5. The second kappa shape index (κ2) is 9.93. The highest BCUT2D eigenvalue weighted by Crippen LogP contribution is 2.12. The third-order valence-electron chi connectivity index (χ3n) is 3.26. The molecule has 0 saturated carbocycles. The molecule has 0 fully saturated rings. The van der Waals surface area contributed by atoms with Crippen LogP contribution in [-0.4, -0.2) is 12.6 Å². The summed E-state index contributed by atoms with van der Waals surface area (Å²) in [5, 5.41) is 0. The quantitative estimate of drug-likeness (QED) is 0.420. The Morgan fingerprint density at radius 3 is 2.39 bits per heavy atom. The first kappa shape index (κ1) is 15.0. The van der Waals surface area contributed by atoms with Crippen molar-refractivity contribution >= 4 is 5.97 Å². The van der Waals surface area contributed by atoms with Gasteiger partial charge in [0.2, 0.25) is 0 Å². The summed E-state index contributed by atoms with van der Waals surface area (Å²) in [5.74, 6) is -0.136. The van der Waals surface area contributed by atoms with Gasteiger partial charge in [0.25, 0.3) is 0 Å². The van der Waals surface area contributed by atoms with E-state index in [0.29, 0.717) is 6.61 Å². The Morgan fingerprint density at radius 2 is 1.78 bits per heavy atom. The minimum Gasteiger partial charge on any atom is -0.462 e. The van der Waals surface area contributed by atoms with Gasteiger partial charge in [0, 0.05) is 5.57 Å². The predicted molar refractivity (Wildman–Crippen MR) is 75.4 cm³/mol. The van der Waals surface area contributed by atoms with Crippen molar-refractivity contribution in [2.24, 2.45) is 0 Å². The minimum atomic E-state index is -0.136. The van der Waals surface area contributed by atoms with Crippen LogP contribution in [0.4, 0.5) is 0 Å². The molecule has 0 radical (unpaired) electrons. The van der Waals surface area contributed by atoms with Crippen LogP contribution in [0.25, 0.3) is 0 Å². The first-order valence-corrected chi connectivity index (χ1v) is 7.37. The zero-order valence-corrected chi connectivity index (χ0v) is 11.6. The van der Waals surface area contributed by atoms with Crippen LogP contribution in [-0.2, 0) is 9.53 Å². The minimum absolute atomic E-state index is 0.136. The van der Waals surface area contributed by atoms with Crippen molar-refractivity contribution < 1.29 is 9.53 Å². The number of allylic oxidation sites excluding steroid dienone is 3. The monoisotopic (exact) mass is 250 g/mol. The largest absolute Gasteiger partial charge is 0.462 e. The van der Waals surface area contributed by atoms with Crippen molar-refractivity contribution in [3.05, 3.63) is 23.8 Å². The molecule has 2 heteroatoms. The van der Waals surface area contributed by atoms with Gasteiger partial charge in [0.15, 0.2) is 0 Å². The molecule has 0 heterocycles. The molecule has 1 rings (SSSR count). The van der Waals surface area contributed by atoms with Crippen molar-refractivity contribution in [1.82, 2.24) is 0 Å². The standard InChI is InChI=1S/C16H26O2/c1-2-3-4-5-6-7-8-11-14-18-16(17)15-12-9-10-13-15/h9-10,12H,2-8,11,13-14H2,1H3. The van der Waals surface area contributed by atoms with Gasteiger partial charge in [-0.3, -0.25) is 0 Å². The number of rotatable bonds is 10. The molecule has 0 saturated heterocycles. The molecule has 1 aliphatic carbocycles. The molecule has 0 bridgehead atoms. The zero-order valence-electron chi connectivity index (χ0n) is 11.6. The molecule has 18 heavy (non-hydrogen) atoms. The Bertz CT molecular complexity index is 289. The van der Waals surface area contributed by atoms with E-state index in [2.05, 4.69) is 6.92 Å². The molecule has 0 unspecified atom stereocenters. The molecule has 0 atom stereocenters. The lowest BCUT2D eigenvalue weighted by Crippen LogP contribution is -2.07. The van der Waals surface area contributed by atoms with Gasteiger partial charge in [-0.05, 0) is 12.8 Å². The normalized spacial score (nSPS) is 13.7. The summed E-state index contributed by atoms with van der Waals surface area (Å²) in [5.41, 5.74) is 0.787. The molecule has 0 N–H and O–H groups in total. The highest BCUT2D eigenvalue weighted by atomic mass is 16.5. The Kier molecular flexibility index (Phi) is 8.28. The molecule has 0 aliphatic heterocycles. The molecule has 0 aromatic carbocycles. The highest BCUT2D eigenvalue weighted by Gasteiger charge is 2.10. The van der Waals surface area contributed by atoms with E-state index in [1.165, 1.54) is 44.9 Å². The van der Waals surface area contributed by atoms with E-state index in [9.17, 15) is 4.79 Å². The molecular weight excluding hydrogens is 224 g/mol. The summed E-state index contributed by atoms with van der Waals surface area (Å²) >= 11 is 0. The van der Waals surface area contributed by atoms with E-state index in [4.69, 9.17) is 4.74 Å². The van der Waals surface area contributed by atoms with E-state index in [1.54, 1.807) is 0 Å². The Balaban J connectivity index is 1.85. The van der Waals surface area contributed by atoms with E-state index in [1.807, 2.05) is 18.2 Å². The summed E-state index contributed by atoms with van der Waals surface area (Å²) in [6.07, 6.45) is 16.6. The van der Waals surface area contributed by atoms with Crippen molar-refractivity contribution in [2.45, 2.75) is 64.7 Å². The molecule has 0 spiro atoms. The maximum Gasteiger partial charge on any atom is 0.334 e. The first-order valence-electron chi connectivity index (χ1n) is 7.37. The number of carbonyl (C=O) groups is 1. The lowest BCUT2D eigenvalue weighted by Gasteiger charge is -2.05. The number of carbonyl (C=O) groups excluding carboxylic acids is 1. The van der Waals surface area contributed by atoms with Crippen LogP contribution >= 0.6 is 0 Å². The molecule has 0 aromatic heterocycles. The SMILES string of the molecule is CCCCCCCCCCOC(=O)C1=CC=CC1. The average Bonchev–Trinajstić information content (AvgIpc) is 2.90. The van der Waals surface area contributed by atoms with E-state index in [0.717, 1.165) is 18.4 Å². The summed E-state index contributed by atoms with van der Waals surface area (Å²) in [7, 11) is 0. The first-order chi connectivity index (χ1) is 8.84. The summed E-state index contributed by atoms with van der Waals surface area (Å²) in [6, 6.07) is 0. The maximum absolute atomic E-state index is 11.5. The highest BCUT2D eigenvalue weighted by molar-refractivity contribution is 5.89. The fourth-order valence-electron chi connectivity index (χ4n) is 2.09. The van der Waals surface area contributed by atoms with E-state index < -0.39 is 0 Å². The van der Waals surface area contributed by atoms with Crippen LogP contribution < -0.4 is 0 Å². The van der Waals surface area contributed by atoms with Crippen LogP contribution in [0.15, 0.2) is 23.8 Å². The van der Waals surface area contributed by atoms with Gasteiger partial charge >= 0.3 is 5.97 Å². The Hall–Kier alpha value is -1.05. The molecule has 1 aliphatic rings. The van der Waals surface area contributed by atoms with E-state index >= 15 is 0 Å². The number of esters is 1. The van der Waals surface area contributed by atoms with Crippen molar-refractivity contribution in [1.29, 1.82) is 0 Å². The van der Waals surface area contributed by atoms with Crippen molar-refractivity contribution in [3.63, 3.8) is 0 Å². The topological polar surface area (TPSA) is 26.3 Å². The summed E-state index contributed by atoms with van der Waals surface area (Å²) < 4.78 is 5.22. The van der Waals surface area contributed by atoms with Crippen LogP contribution in [0.1, 0.15) is 64.7 Å². The number of hydrogen-bond donors (Lipinski definition) is 0. The second-order valence-corrected chi connectivity index (χ2v) is 4.93. The van der Waals surface area contributed by atoms with Crippen molar-refractivity contribution in [2.75, 3.05) is 6.61 Å². The zero-order chi connectivity index (χ0) is 13.1. The molecular formula is C16H26O2. The molecule has 0 aromatic rings. The second-order valence-electron chi connectivity index (χ2n) is 4.93. The van der Waals surface area contributed by atoms with Gasteiger partial charge in [-0.1, -0.05) is 70.1 Å². The van der Waals surface area contributed by atoms with Crippen LogP contribution in [0.5, 0.6) is 0 Å². The fraction of sp³-hybridized carbons (Fsp3) is 0.688. The Morgan fingerprint density at radius 1 is 1.11 bits per heavy atom. The van der Waals surface area contributed by atoms with Gasteiger partial charge in [0.1, 0.15) is 0 Å². The van der Waals surface area contributed by atoms with Gasteiger partial charge in [-0.2, -0.15) is 0 Å². The third-order valence-corrected chi connectivity index (χ3v) is 3.26. The number of hydrogen-bond acceptors (Lipinski definition) is 2. The lowest BCUT2D eigenvalue weighted by atomic mass is 10.1. The molecule has 0 amide bonds. The molecule has 2 nitrogen and oxygen atoms in total. The van der Waals surface area contributed by atoms with Crippen LogP contribution in [0.2, 0.25) is 0 Å². The van der Waals surface area contributed by atoms with Gasteiger partial charge in [-0.25, -0.2) is 4.79 Å². The average molecular weight is 250 g/mol. The van der Waals surface area contributed by atoms with E-state index in [-0.39, 0.29) is 5.97 Å².